The average Bonchev–Trinajstić information content (AvgIpc) is 3.06. The maximum atomic E-state index is 6.19. The summed E-state index contributed by atoms with van der Waals surface area (Å²) in [6.45, 7) is 2.18. The van der Waals surface area contributed by atoms with E-state index >= 15 is 0 Å². The lowest BCUT2D eigenvalue weighted by molar-refractivity contribution is 0.631. The van der Waals surface area contributed by atoms with E-state index < -0.39 is 0 Å². The molecular formula is C23H20ClN. The summed E-state index contributed by atoms with van der Waals surface area (Å²) in [5.41, 5.74) is 4.34. The quantitative estimate of drug-likeness (QED) is 0.615. The van der Waals surface area contributed by atoms with Gasteiger partial charge in [-0.3, -0.25) is 0 Å². The van der Waals surface area contributed by atoms with Gasteiger partial charge in [0.25, 0.3) is 0 Å². The second-order valence-corrected chi connectivity index (χ2v) is 7.64. The van der Waals surface area contributed by atoms with Gasteiger partial charge in [0.1, 0.15) is 0 Å². The lowest BCUT2D eigenvalue weighted by atomic mass is 9.83. The zero-order valence-electron chi connectivity index (χ0n) is 14.0. The molecule has 0 N–H and O–H groups in total. The molecule has 0 spiro atoms. The number of benzene rings is 3. The number of anilines is 1. The van der Waals surface area contributed by atoms with Crippen LogP contribution in [-0.4, -0.2) is 13.1 Å². The summed E-state index contributed by atoms with van der Waals surface area (Å²) < 4.78 is 0. The van der Waals surface area contributed by atoms with Gasteiger partial charge in [-0.15, -0.1) is 0 Å². The number of piperidine rings is 1. The van der Waals surface area contributed by atoms with E-state index in [4.69, 9.17) is 11.6 Å². The smallest absolute Gasteiger partial charge is 0.0426 e. The molecule has 2 atom stereocenters. The molecular weight excluding hydrogens is 326 g/mol. The predicted octanol–water partition coefficient (Wildman–Crippen LogP) is 5.39. The van der Waals surface area contributed by atoms with Crippen LogP contribution in [0.3, 0.4) is 0 Å². The first kappa shape index (κ1) is 15.0. The number of halogens is 1. The largest absolute Gasteiger partial charge is 0.371 e. The highest BCUT2D eigenvalue weighted by Gasteiger charge is 2.69. The van der Waals surface area contributed by atoms with Crippen molar-refractivity contribution in [3.8, 4) is 0 Å². The molecule has 3 aromatic carbocycles. The molecule has 3 aromatic rings. The summed E-state index contributed by atoms with van der Waals surface area (Å²) in [4.78, 5) is 2.49. The molecule has 0 bridgehead atoms. The van der Waals surface area contributed by atoms with Crippen LogP contribution in [0.25, 0.3) is 0 Å². The van der Waals surface area contributed by atoms with Crippen molar-refractivity contribution in [2.24, 2.45) is 11.8 Å². The Bertz CT molecular complexity index is 837. The van der Waals surface area contributed by atoms with Crippen molar-refractivity contribution in [1.82, 2.24) is 0 Å². The fraction of sp³-hybridized carbons (Fsp3) is 0.217. The summed E-state index contributed by atoms with van der Waals surface area (Å²) in [6, 6.07) is 30.3. The molecule has 1 aliphatic carbocycles. The second-order valence-electron chi connectivity index (χ2n) is 7.20. The molecule has 1 aliphatic heterocycles. The number of hydrogen-bond donors (Lipinski definition) is 0. The molecule has 0 radical (unpaired) electrons. The Morgan fingerprint density at radius 1 is 0.720 bits per heavy atom. The third-order valence-electron chi connectivity index (χ3n) is 6.06. The van der Waals surface area contributed by atoms with E-state index in [1.165, 1.54) is 16.8 Å². The van der Waals surface area contributed by atoms with Gasteiger partial charge in [-0.25, -0.2) is 0 Å². The van der Waals surface area contributed by atoms with Crippen LogP contribution in [0.15, 0.2) is 84.9 Å². The Balaban J connectivity index is 1.51. The first-order valence-electron chi connectivity index (χ1n) is 8.91. The van der Waals surface area contributed by atoms with E-state index in [-0.39, 0.29) is 5.41 Å². The molecule has 124 valence electrons. The van der Waals surface area contributed by atoms with Crippen molar-refractivity contribution >= 4 is 17.3 Å². The van der Waals surface area contributed by atoms with Crippen LogP contribution in [0.5, 0.6) is 0 Å². The second kappa shape index (κ2) is 5.64. The van der Waals surface area contributed by atoms with Gasteiger partial charge in [-0.1, -0.05) is 78.3 Å². The first-order chi connectivity index (χ1) is 12.3. The monoisotopic (exact) mass is 345 g/mol. The summed E-state index contributed by atoms with van der Waals surface area (Å²) in [5.74, 6) is 1.33. The molecule has 5 rings (SSSR count). The summed E-state index contributed by atoms with van der Waals surface area (Å²) in [7, 11) is 0. The fourth-order valence-electron chi connectivity index (χ4n) is 4.96. The molecule has 1 nitrogen and oxygen atoms in total. The third-order valence-corrected chi connectivity index (χ3v) is 6.29. The van der Waals surface area contributed by atoms with Gasteiger partial charge in [0, 0.05) is 29.2 Å². The number of fused-ring (bicyclic) bond motifs is 1. The van der Waals surface area contributed by atoms with E-state index in [1.54, 1.807) is 0 Å². The van der Waals surface area contributed by atoms with E-state index in [1.807, 2.05) is 12.1 Å². The van der Waals surface area contributed by atoms with Crippen molar-refractivity contribution in [1.29, 1.82) is 0 Å². The molecule has 1 saturated carbocycles. The Hall–Kier alpha value is -2.25. The predicted molar refractivity (Wildman–Crippen MR) is 104 cm³/mol. The van der Waals surface area contributed by atoms with E-state index in [2.05, 4.69) is 77.7 Å². The number of hydrogen-bond acceptors (Lipinski definition) is 1. The van der Waals surface area contributed by atoms with Crippen LogP contribution in [0.1, 0.15) is 11.1 Å². The Morgan fingerprint density at radius 3 is 1.80 bits per heavy atom. The zero-order valence-corrected chi connectivity index (χ0v) is 14.7. The molecule has 2 heteroatoms. The van der Waals surface area contributed by atoms with E-state index in [0.29, 0.717) is 11.8 Å². The molecule has 2 unspecified atom stereocenters. The molecule has 2 fully saturated rings. The van der Waals surface area contributed by atoms with Crippen LogP contribution in [0, 0.1) is 11.8 Å². The molecule has 1 saturated heterocycles. The lowest BCUT2D eigenvalue weighted by Crippen LogP contribution is -2.31. The minimum Gasteiger partial charge on any atom is -0.371 e. The molecule has 2 aliphatic rings. The highest BCUT2D eigenvalue weighted by Crippen LogP contribution is 2.67. The molecule has 0 aromatic heterocycles. The highest BCUT2D eigenvalue weighted by molar-refractivity contribution is 6.30. The van der Waals surface area contributed by atoms with Gasteiger partial charge in [0.2, 0.25) is 0 Å². The van der Waals surface area contributed by atoms with Crippen molar-refractivity contribution in [3.05, 3.63) is 101 Å². The lowest BCUT2D eigenvalue weighted by Gasteiger charge is -2.29. The normalized spacial score (nSPS) is 23.3. The number of rotatable bonds is 3. The Kier molecular flexibility index (Phi) is 3.39. The van der Waals surface area contributed by atoms with Gasteiger partial charge >= 0.3 is 0 Å². The van der Waals surface area contributed by atoms with Crippen LogP contribution in [0.2, 0.25) is 5.02 Å². The summed E-state index contributed by atoms with van der Waals surface area (Å²) in [5, 5.41) is 0.815. The van der Waals surface area contributed by atoms with E-state index in [9.17, 15) is 0 Å². The van der Waals surface area contributed by atoms with Gasteiger partial charge in [0.15, 0.2) is 0 Å². The van der Waals surface area contributed by atoms with Crippen LogP contribution in [0.4, 0.5) is 5.69 Å². The minimum atomic E-state index is 0.178. The van der Waals surface area contributed by atoms with Crippen LogP contribution >= 0.6 is 11.6 Å². The highest BCUT2D eigenvalue weighted by atomic mass is 35.5. The van der Waals surface area contributed by atoms with Crippen molar-refractivity contribution in [2.45, 2.75) is 5.41 Å². The topological polar surface area (TPSA) is 3.24 Å². The van der Waals surface area contributed by atoms with Crippen LogP contribution < -0.4 is 4.90 Å². The first-order valence-corrected chi connectivity index (χ1v) is 9.29. The molecule has 25 heavy (non-hydrogen) atoms. The maximum absolute atomic E-state index is 6.19. The Labute approximate surface area is 153 Å². The SMILES string of the molecule is Clc1cccc(N2CC3C(C2)C3(c2ccccc2)c2ccccc2)c1. The average molecular weight is 346 g/mol. The minimum absolute atomic E-state index is 0.178. The van der Waals surface area contributed by atoms with Gasteiger partial charge in [0.05, 0.1) is 0 Å². The van der Waals surface area contributed by atoms with Gasteiger partial charge in [-0.05, 0) is 41.2 Å². The Morgan fingerprint density at radius 2 is 1.28 bits per heavy atom. The van der Waals surface area contributed by atoms with Gasteiger partial charge < -0.3 is 4.90 Å². The fourth-order valence-corrected chi connectivity index (χ4v) is 5.15. The maximum Gasteiger partial charge on any atom is 0.0426 e. The van der Waals surface area contributed by atoms with Gasteiger partial charge in [-0.2, -0.15) is 0 Å². The van der Waals surface area contributed by atoms with Crippen molar-refractivity contribution in [2.75, 3.05) is 18.0 Å². The molecule has 1 heterocycles. The van der Waals surface area contributed by atoms with Crippen molar-refractivity contribution in [3.63, 3.8) is 0 Å². The van der Waals surface area contributed by atoms with E-state index in [0.717, 1.165) is 18.1 Å². The summed E-state index contributed by atoms with van der Waals surface area (Å²) >= 11 is 6.19. The number of nitrogens with zero attached hydrogens (tertiary/aromatic N) is 1. The third kappa shape index (κ3) is 2.22. The van der Waals surface area contributed by atoms with Crippen molar-refractivity contribution < 1.29 is 0 Å². The standard InChI is InChI=1S/C23H20ClN/c24-19-12-7-13-20(14-19)25-15-21-22(16-25)23(21,17-8-3-1-4-9-17)18-10-5-2-6-11-18/h1-14,21-22H,15-16H2. The zero-order chi connectivity index (χ0) is 16.9. The van der Waals surface area contributed by atoms with Crippen LogP contribution in [-0.2, 0) is 5.41 Å². The molecule has 0 amide bonds. The summed E-state index contributed by atoms with van der Waals surface area (Å²) in [6.07, 6.45) is 0.